The minimum Gasteiger partial charge on any atom is -0.421 e. The molecule has 0 unspecified atom stereocenters. The molecule has 0 saturated heterocycles. The summed E-state index contributed by atoms with van der Waals surface area (Å²) in [6.45, 7) is 2.05. The van der Waals surface area contributed by atoms with Crippen molar-refractivity contribution in [3.8, 4) is 5.75 Å². The van der Waals surface area contributed by atoms with Crippen LogP contribution in [-0.2, 0) is 4.79 Å². The Bertz CT molecular complexity index is 1180. The molecule has 0 saturated carbocycles. The van der Waals surface area contributed by atoms with Crippen molar-refractivity contribution in [2.45, 2.75) is 6.92 Å². The van der Waals surface area contributed by atoms with E-state index in [1.807, 2.05) is 43.3 Å². The molecule has 0 aliphatic heterocycles. The number of halogens is 3. The van der Waals surface area contributed by atoms with Crippen molar-refractivity contribution < 1.29 is 14.3 Å². The molecule has 9 heteroatoms. The first-order chi connectivity index (χ1) is 15.3. The van der Waals surface area contributed by atoms with Gasteiger partial charge in [-0.1, -0.05) is 40.2 Å². The Balaban J connectivity index is 1.69. The maximum Gasteiger partial charge on any atom is 0.344 e. The third-order valence-corrected chi connectivity index (χ3v) is 6.18. The molecule has 0 bridgehead atoms. The molecule has 0 radical (unpaired) electrons. The van der Waals surface area contributed by atoms with Gasteiger partial charge in [0.05, 0.1) is 22.8 Å². The van der Waals surface area contributed by atoms with Crippen LogP contribution in [0.3, 0.4) is 0 Å². The lowest BCUT2D eigenvalue weighted by Crippen LogP contribution is -2.25. The van der Waals surface area contributed by atoms with Gasteiger partial charge >= 0.3 is 5.97 Å². The summed E-state index contributed by atoms with van der Waals surface area (Å²) < 4.78 is 7.76. The van der Waals surface area contributed by atoms with Crippen molar-refractivity contribution in [2.24, 2.45) is 5.10 Å². The van der Waals surface area contributed by atoms with Crippen LogP contribution in [0.4, 0.5) is 5.69 Å². The van der Waals surface area contributed by atoms with Crippen molar-refractivity contribution in [3.63, 3.8) is 0 Å². The van der Waals surface area contributed by atoms with E-state index in [0.29, 0.717) is 21.3 Å². The molecular formula is C23H18Br2IN3O3. The lowest BCUT2D eigenvalue weighted by atomic mass is 10.2. The summed E-state index contributed by atoms with van der Waals surface area (Å²) in [6, 6.07) is 18.4. The van der Waals surface area contributed by atoms with Gasteiger partial charge in [-0.25, -0.2) is 10.2 Å². The van der Waals surface area contributed by atoms with Gasteiger partial charge in [-0.2, -0.15) is 5.10 Å². The number of nitrogens with zero attached hydrogens (tertiary/aromatic N) is 1. The molecule has 3 aromatic carbocycles. The highest BCUT2D eigenvalue weighted by Crippen LogP contribution is 2.33. The highest BCUT2D eigenvalue weighted by atomic mass is 127. The molecule has 0 aromatic heterocycles. The Morgan fingerprint density at radius 1 is 1.09 bits per heavy atom. The van der Waals surface area contributed by atoms with Crippen molar-refractivity contribution >= 4 is 78.2 Å². The van der Waals surface area contributed by atoms with E-state index in [4.69, 9.17) is 4.74 Å². The third kappa shape index (κ3) is 6.88. The number of carbonyl (C=O) groups excluding carboxylic acids is 2. The fourth-order valence-electron chi connectivity index (χ4n) is 2.71. The van der Waals surface area contributed by atoms with E-state index in [9.17, 15) is 9.59 Å². The predicted octanol–water partition coefficient (Wildman–Crippen LogP) is 5.91. The van der Waals surface area contributed by atoms with Crippen LogP contribution in [0.15, 0.2) is 74.7 Å². The molecule has 0 heterocycles. The summed E-state index contributed by atoms with van der Waals surface area (Å²) in [5.41, 5.74) is 5.39. The van der Waals surface area contributed by atoms with E-state index >= 15 is 0 Å². The molecule has 164 valence electrons. The number of amides is 1. The van der Waals surface area contributed by atoms with Crippen molar-refractivity contribution in [1.29, 1.82) is 0 Å². The van der Waals surface area contributed by atoms with Crippen LogP contribution in [0, 0.1) is 10.5 Å². The fraction of sp³-hybridized carbons (Fsp3) is 0.0870. The van der Waals surface area contributed by atoms with Crippen LogP contribution in [0.5, 0.6) is 5.75 Å². The van der Waals surface area contributed by atoms with Gasteiger partial charge < -0.3 is 10.1 Å². The van der Waals surface area contributed by atoms with Gasteiger partial charge in [-0.3, -0.25) is 4.79 Å². The molecule has 0 fully saturated rings. The minimum absolute atomic E-state index is 0.0667. The maximum absolute atomic E-state index is 12.7. The number of anilines is 1. The number of hydrogen-bond donors (Lipinski definition) is 2. The van der Waals surface area contributed by atoms with Crippen LogP contribution in [-0.4, -0.2) is 24.6 Å². The van der Waals surface area contributed by atoms with Crippen molar-refractivity contribution in [2.75, 3.05) is 11.9 Å². The highest BCUT2D eigenvalue weighted by molar-refractivity contribution is 14.1. The topological polar surface area (TPSA) is 79.8 Å². The second-order valence-electron chi connectivity index (χ2n) is 6.69. The van der Waals surface area contributed by atoms with Gasteiger partial charge in [0.15, 0.2) is 5.75 Å². The second kappa shape index (κ2) is 11.6. The van der Waals surface area contributed by atoms with Crippen LogP contribution < -0.4 is 15.5 Å². The lowest BCUT2D eigenvalue weighted by molar-refractivity contribution is -0.119. The molecule has 6 nitrogen and oxygen atoms in total. The molecule has 0 spiro atoms. The highest BCUT2D eigenvalue weighted by Gasteiger charge is 2.17. The third-order valence-electron chi connectivity index (χ3n) is 4.19. The summed E-state index contributed by atoms with van der Waals surface area (Å²) in [7, 11) is 0. The summed E-state index contributed by atoms with van der Waals surface area (Å²) in [4.78, 5) is 24.8. The lowest BCUT2D eigenvalue weighted by Gasteiger charge is -2.11. The molecule has 0 atom stereocenters. The zero-order valence-corrected chi connectivity index (χ0v) is 22.2. The van der Waals surface area contributed by atoms with E-state index in [1.165, 1.54) is 6.21 Å². The zero-order chi connectivity index (χ0) is 23.1. The van der Waals surface area contributed by atoms with Crippen molar-refractivity contribution in [1.82, 2.24) is 5.43 Å². The standard InChI is InChI=1S/C23H18Br2IN3O3/c1-14-5-4-6-17(9-14)27-13-21(30)29-28-12-15-10-16(24)11-19(25)22(15)32-23(31)18-7-2-3-8-20(18)26/h2-12,27H,13H2,1H3,(H,29,30)/b28-12+. The average Bonchev–Trinajstić information content (AvgIpc) is 2.75. The second-order valence-corrected chi connectivity index (χ2v) is 9.62. The molecular weight excluding hydrogens is 653 g/mol. The Morgan fingerprint density at radius 3 is 2.62 bits per heavy atom. The zero-order valence-electron chi connectivity index (χ0n) is 16.9. The van der Waals surface area contributed by atoms with Gasteiger partial charge in [0.1, 0.15) is 0 Å². The van der Waals surface area contributed by atoms with E-state index < -0.39 is 5.97 Å². The average molecular weight is 671 g/mol. The molecule has 1 amide bonds. The van der Waals surface area contributed by atoms with Gasteiger partial charge in [-0.15, -0.1) is 0 Å². The Morgan fingerprint density at radius 2 is 1.88 bits per heavy atom. The van der Waals surface area contributed by atoms with Crippen molar-refractivity contribution in [3.05, 3.63) is 89.9 Å². The number of nitrogens with one attached hydrogen (secondary N) is 2. The van der Waals surface area contributed by atoms with Crippen LogP contribution in [0.25, 0.3) is 0 Å². The summed E-state index contributed by atoms with van der Waals surface area (Å²) >= 11 is 8.93. The molecule has 3 aromatic rings. The van der Waals surface area contributed by atoms with Crippen LogP contribution in [0.1, 0.15) is 21.5 Å². The van der Waals surface area contributed by atoms with E-state index in [-0.39, 0.29) is 12.5 Å². The number of carbonyl (C=O) groups is 2. The van der Waals surface area contributed by atoms with Gasteiger partial charge in [0.2, 0.25) is 0 Å². The first kappa shape index (κ1) is 24.4. The Labute approximate surface area is 216 Å². The largest absolute Gasteiger partial charge is 0.421 e. The smallest absolute Gasteiger partial charge is 0.344 e. The van der Waals surface area contributed by atoms with E-state index in [1.54, 1.807) is 24.3 Å². The fourth-order valence-corrected chi connectivity index (χ4v) is 4.66. The number of esters is 1. The van der Waals surface area contributed by atoms with Gasteiger partial charge in [-0.05, 0) is 87.4 Å². The molecule has 32 heavy (non-hydrogen) atoms. The van der Waals surface area contributed by atoms with Gasteiger partial charge in [0, 0.05) is 19.3 Å². The SMILES string of the molecule is Cc1cccc(NCC(=O)N/N=C/c2cc(Br)cc(Br)c2OC(=O)c2ccccc2I)c1. The summed E-state index contributed by atoms with van der Waals surface area (Å²) in [5, 5.41) is 7.05. The first-order valence-electron chi connectivity index (χ1n) is 9.41. The molecule has 0 aliphatic rings. The molecule has 2 N–H and O–H groups in total. The van der Waals surface area contributed by atoms with Crippen LogP contribution in [0.2, 0.25) is 0 Å². The number of rotatable bonds is 7. The number of ether oxygens (including phenoxy) is 1. The Hall–Kier alpha value is -2.24. The number of hydrazone groups is 1. The molecule has 3 rings (SSSR count). The monoisotopic (exact) mass is 669 g/mol. The summed E-state index contributed by atoms with van der Waals surface area (Å²) in [5.74, 6) is -0.498. The molecule has 0 aliphatic carbocycles. The number of aryl methyl sites for hydroxylation is 1. The number of benzene rings is 3. The predicted molar refractivity (Wildman–Crippen MR) is 141 cm³/mol. The number of hydrogen-bond acceptors (Lipinski definition) is 5. The van der Waals surface area contributed by atoms with Crippen LogP contribution >= 0.6 is 54.5 Å². The minimum atomic E-state index is -0.487. The quantitative estimate of drug-likeness (QED) is 0.108. The van der Waals surface area contributed by atoms with E-state index in [2.05, 4.69) is 70.3 Å². The maximum atomic E-state index is 12.7. The normalized spacial score (nSPS) is 10.8. The summed E-state index contributed by atoms with van der Waals surface area (Å²) in [6.07, 6.45) is 1.43. The Kier molecular flexibility index (Phi) is 8.83. The van der Waals surface area contributed by atoms with Gasteiger partial charge in [0.25, 0.3) is 5.91 Å². The van der Waals surface area contributed by atoms with E-state index in [0.717, 1.165) is 19.3 Å². The first-order valence-corrected chi connectivity index (χ1v) is 12.1.